The summed E-state index contributed by atoms with van der Waals surface area (Å²) >= 11 is 0. The van der Waals surface area contributed by atoms with Crippen molar-refractivity contribution < 1.29 is 24.0 Å². The van der Waals surface area contributed by atoms with Gasteiger partial charge in [0.1, 0.15) is 17.5 Å². The number of nitrogens with one attached hydrogen (secondary N) is 2. The van der Waals surface area contributed by atoms with E-state index in [1.807, 2.05) is 25.1 Å². The number of carbonyl (C=O) groups excluding carboxylic acids is 2. The molecule has 2 aromatic rings. The molecule has 2 N–H and O–H groups in total. The SMILES string of the molecule is COc1ccc(OC)c([C@H]2CCC[NH+]2[C@@H](C)C(=O)Nc2ccc(C(C)=O)cc2)c1. The van der Waals surface area contributed by atoms with Crippen molar-refractivity contribution >= 4 is 17.4 Å². The minimum absolute atomic E-state index is 0.00725. The number of Topliss-reactive ketones (excluding diaryl/α,β-unsaturated/α-hetero) is 1. The molecule has 0 radical (unpaired) electrons. The van der Waals surface area contributed by atoms with Gasteiger partial charge in [0.25, 0.3) is 5.91 Å². The fraction of sp³-hybridized carbons (Fsp3) is 0.391. The Balaban J connectivity index is 1.76. The maximum absolute atomic E-state index is 12.9. The van der Waals surface area contributed by atoms with Crippen LogP contribution in [0.5, 0.6) is 11.5 Å². The number of ether oxygens (including phenoxy) is 2. The lowest BCUT2D eigenvalue weighted by atomic mass is 10.0. The smallest absolute Gasteiger partial charge is 0.282 e. The molecule has 0 aromatic heterocycles. The van der Waals surface area contributed by atoms with E-state index in [9.17, 15) is 9.59 Å². The summed E-state index contributed by atoms with van der Waals surface area (Å²) in [6.07, 6.45) is 2.04. The highest BCUT2D eigenvalue weighted by Gasteiger charge is 2.38. The molecular formula is C23H29N2O4+. The van der Waals surface area contributed by atoms with Crippen molar-refractivity contribution in [3.05, 3.63) is 53.6 Å². The third kappa shape index (κ3) is 4.59. The van der Waals surface area contributed by atoms with Crippen molar-refractivity contribution in [3.8, 4) is 11.5 Å². The van der Waals surface area contributed by atoms with E-state index in [-0.39, 0.29) is 23.8 Å². The van der Waals surface area contributed by atoms with Gasteiger partial charge in [-0.15, -0.1) is 0 Å². The van der Waals surface area contributed by atoms with E-state index in [1.165, 1.54) is 11.8 Å². The summed E-state index contributed by atoms with van der Waals surface area (Å²) in [7, 11) is 3.32. The molecule has 1 unspecified atom stereocenters. The van der Waals surface area contributed by atoms with Gasteiger partial charge in [0, 0.05) is 24.1 Å². The summed E-state index contributed by atoms with van der Waals surface area (Å²) in [6, 6.07) is 12.8. The second-order valence-corrected chi connectivity index (χ2v) is 7.47. The van der Waals surface area contributed by atoms with Crippen LogP contribution < -0.4 is 19.7 Å². The van der Waals surface area contributed by atoms with Gasteiger partial charge in [-0.1, -0.05) is 0 Å². The van der Waals surface area contributed by atoms with E-state index in [2.05, 4.69) is 5.32 Å². The molecule has 1 aliphatic heterocycles. The molecule has 0 saturated carbocycles. The predicted molar refractivity (Wildman–Crippen MR) is 112 cm³/mol. The van der Waals surface area contributed by atoms with E-state index in [0.29, 0.717) is 11.3 Å². The van der Waals surface area contributed by atoms with Crippen LogP contribution in [0.15, 0.2) is 42.5 Å². The van der Waals surface area contributed by atoms with Crippen molar-refractivity contribution in [2.45, 2.75) is 38.8 Å². The molecule has 1 aliphatic rings. The third-order valence-electron chi connectivity index (χ3n) is 5.73. The molecule has 3 atom stereocenters. The van der Waals surface area contributed by atoms with Gasteiger partial charge in [0.15, 0.2) is 11.8 Å². The van der Waals surface area contributed by atoms with Crippen LogP contribution in [0.2, 0.25) is 0 Å². The first-order chi connectivity index (χ1) is 13.9. The fourth-order valence-electron chi connectivity index (χ4n) is 4.06. The van der Waals surface area contributed by atoms with Gasteiger partial charge in [-0.3, -0.25) is 9.59 Å². The Labute approximate surface area is 171 Å². The Kier molecular flexibility index (Phi) is 6.54. The number of carbonyl (C=O) groups is 2. The Bertz CT molecular complexity index is 879. The minimum atomic E-state index is -0.231. The standard InChI is InChI=1S/C23H28N2O4/c1-15(23(27)24-18-9-7-17(8-10-18)16(2)26)25-13-5-6-21(25)20-14-19(28-3)11-12-22(20)29-4/h7-12,14-15,21H,5-6,13H2,1-4H3,(H,24,27)/p+1/t15-,21+/m0/s1. The lowest BCUT2D eigenvalue weighted by Gasteiger charge is -2.28. The molecule has 29 heavy (non-hydrogen) atoms. The molecule has 0 bridgehead atoms. The monoisotopic (exact) mass is 397 g/mol. The number of quaternary nitrogens is 1. The van der Waals surface area contributed by atoms with Gasteiger partial charge in [-0.25, -0.2) is 0 Å². The second-order valence-electron chi connectivity index (χ2n) is 7.47. The maximum Gasteiger partial charge on any atom is 0.282 e. The zero-order chi connectivity index (χ0) is 21.0. The number of likely N-dealkylation sites (tertiary alicyclic amines) is 1. The molecule has 1 saturated heterocycles. The highest BCUT2D eigenvalue weighted by atomic mass is 16.5. The van der Waals surface area contributed by atoms with E-state index in [4.69, 9.17) is 9.47 Å². The molecule has 6 nitrogen and oxygen atoms in total. The van der Waals surface area contributed by atoms with Crippen molar-refractivity contribution in [1.82, 2.24) is 0 Å². The molecule has 6 heteroatoms. The number of amides is 1. The number of benzene rings is 2. The molecule has 1 heterocycles. The Morgan fingerprint density at radius 3 is 2.45 bits per heavy atom. The fourth-order valence-corrected chi connectivity index (χ4v) is 4.06. The molecule has 0 spiro atoms. The maximum atomic E-state index is 12.9. The highest BCUT2D eigenvalue weighted by molar-refractivity contribution is 5.96. The van der Waals surface area contributed by atoms with E-state index in [0.717, 1.165) is 36.4 Å². The summed E-state index contributed by atoms with van der Waals surface area (Å²) in [5.74, 6) is 1.58. The number of rotatable bonds is 7. The number of anilines is 1. The lowest BCUT2D eigenvalue weighted by molar-refractivity contribution is -0.932. The van der Waals surface area contributed by atoms with E-state index < -0.39 is 0 Å². The number of methoxy groups -OCH3 is 2. The quantitative estimate of drug-likeness (QED) is 0.705. The van der Waals surface area contributed by atoms with Crippen molar-refractivity contribution in [1.29, 1.82) is 0 Å². The molecule has 154 valence electrons. The lowest BCUT2D eigenvalue weighted by Crippen LogP contribution is -3.15. The zero-order valence-corrected chi connectivity index (χ0v) is 17.5. The molecule has 0 aliphatic carbocycles. The van der Waals surface area contributed by atoms with E-state index >= 15 is 0 Å². The number of hydrogen-bond acceptors (Lipinski definition) is 4. The van der Waals surface area contributed by atoms with Crippen LogP contribution >= 0.6 is 0 Å². The first kappa shape index (κ1) is 20.9. The van der Waals surface area contributed by atoms with Crippen LogP contribution in [-0.2, 0) is 4.79 Å². The zero-order valence-electron chi connectivity index (χ0n) is 17.5. The Hall–Kier alpha value is -2.86. The summed E-state index contributed by atoms with van der Waals surface area (Å²) in [5, 5.41) is 2.98. The predicted octanol–water partition coefficient (Wildman–Crippen LogP) is 2.65. The molecular weight excluding hydrogens is 368 g/mol. The van der Waals surface area contributed by atoms with Gasteiger partial charge in [-0.2, -0.15) is 0 Å². The first-order valence-electron chi connectivity index (χ1n) is 9.94. The van der Waals surface area contributed by atoms with Crippen LogP contribution in [0, 0.1) is 0 Å². The van der Waals surface area contributed by atoms with Gasteiger partial charge < -0.3 is 19.7 Å². The molecule has 1 amide bonds. The van der Waals surface area contributed by atoms with Gasteiger partial charge >= 0.3 is 0 Å². The van der Waals surface area contributed by atoms with Crippen LogP contribution in [0.4, 0.5) is 5.69 Å². The van der Waals surface area contributed by atoms with Crippen LogP contribution in [0.1, 0.15) is 48.7 Å². The van der Waals surface area contributed by atoms with Gasteiger partial charge in [0.05, 0.1) is 26.3 Å². The van der Waals surface area contributed by atoms with Crippen LogP contribution in [-0.4, -0.2) is 38.5 Å². The second kappa shape index (κ2) is 9.09. The van der Waals surface area contributed by atoms with E-state index in [1.54, 1.807) is 38.5 Å². The molecule has 2 aromatic carbocycles. The summed E-state index contributed by atoms with van der Waals surface area (Å²) in [6.45, 7) is 4.40. The largest absolute Gasteiger partial charge is 0.497 e. The summed E-state index contributed by atoms with van der Waals surface area (Å²) < 4.78 is 11.0. The molecule has 1 fully saturated rings. The topological polar surface area (TPSA) is 69.1 Å². The normalized spacial score (nSPS) is 19.4. The van der Waals surface area contributed by atoms with Crippen LogP contribution in [0.25, 0.3) is 0 Å². The molecule has 3 rings (SSSR count). The average Bonchev–Trinajstić information content (AvgIpc) is 3.22. The highest BCUT2D eigenvalue weighted by Crippen LogP contribution is 2.32. The Morgan fingerprint density at radius 1 is 1.10 bits per heavy atom. The van der Waals surface area contributed by atoms with Crippen molar-refractivity contribution in [2.75, 3.05) is 26.1 Å². The number of ketones is 1. The average molecular weight is 397 g/mol. The first-order valence-corrected chi connectivity index (χ1v) is 9.94. The van der Waals surface area contributed by atoms with Gasteiger partial charge in [0.2, 0.25) is 0 Å². The third-order valence-corrected chi connectivity index (χ3v) is 5.73. The summed E-state index contributed by atoms with van der Waals surface area (Å²) in [4.78, 5) is 25.6. The summed E-state index contributed by atoms with van der Waals surface area (Å²) in [5.41, 5.74) is 2.40. The van der Waals surface area contributed by atoms with Crippen molar-refractivity contribution in [2.24, 2.45) is 0 Å². The van der Waals surface area contributed by atoms with Gasteiger partial charge in [-0.05, 0) is 56.3 Å². The van der Waals surface area contributed by atoms with Crippen molar-refractivity contribution in [3.63, 3.8) is 0 Å². The Morgan fingerprint density at radius 2 is 1.83 bits per heavy atom. The minimum Gasteiger partial charge on any atom is -0.497 e. The van der Waals surface area contributed by atoms with Crippen LogP contribution in [0.3, 0.4) is 0 Å². The number of hydrogen-bond donors (Lipinski definition) is 2.